The molecule has 0 aliphatic heterocycles. The molecule has 8 nitrogen and oxygen atoms in total. The molecule has 2 heterocycles. The predicted molar refractivity (Wildman–Crippen MR) is 104 cm³/mol. The molecule has 0 radical (unpaired) electrons. The van der Waals surface area contributed by atoms with Crippen molar-refractivity contribution in [1.82, 2.24) is 24.9 Å². The van der Waals surface area contributed by atoms with Gasteiger partial charge >= 0.3 is 0 Å². The number of hydrogen-bond donors (Lipinski definition) is 2. The van der Waals surface area contributed by atoms with Crippen molar-refractivity contribution in [2.24, 2.45) is 0 Å². The molecular weight excluding hydrogens is 421 g/mol. The van der Waals surface area contributed by atoms with Gasteiger partial charge in [-0.15, -0.1) is 5.10 Å². The van der Waals surface area contributed by atoms with E-state index < -0.39 is 46.7 Å². The lowest BCUT2D eigenvalue weighted by molar-refractivity contribution is -0.123. The minimum Gasteiger partial charge on any atom is -0.346 e. The molecule has 0 bridgehead atoms. The van der Waals surface area contributed by atoms with Gasteiger partial charge in [-0.1, -0.05) is 11.8 Å². The van der Waals surface area contributed by atoms with Gasteiger partial charge in [0.1, 0.15) is 0 Å². The average molecular weight is 438 g/mol. The maximum absolute atomic E-state index is 13.6. The number of carbonyl (C=O) groups is 2. The van der Waals surface area contributed by atoms with E-state index in [1.165, 1.54) is 0 Å². The van der Waals surface area contributed by atoms with E-state index in [4.69, 9.17) is 0 Å². The van der Waals surface area contributed by atoms with Crippen LogP contribution >= 0.6 is 11.8 Å². The van der Waals surface area contributed by atoms with Gasteiger partial charge in [0.25, 0.3) is 5.78 Å². The lowest BCUT2D eigenvalue weighted by Crippen LogP contribution is -2.37. The van der Waals surface area contributed by atoms with E-state index in [1.807, 2.05) is 19.9 Å². The fourth-order valence-corrected chi connectivity index (χ4v) is 3.31. The van der Waals surface area contributed by atoms with Gasteiger partial charge in [0.05, 0.1) is 17.5 Å². The second kappa shape index (κ2) is 8.69. The molecule has 1 atom stereocenters. The Morgan fingerprint density at radius 3 is 2.63 bits per heavy atom. The maximum Gasteiger partial charge on any atom is 0.253 e. The van der Waals surface area contributed by atoms with E-state index in [0.717, 1.165) is 29.2 Å². The van der Waals surface area contributed by atoms with Crippen LogP contribution in [0.3, 0.4) is 0 Å². The summed E-state index contributed by atoms with van der Waals surface area (Å²) < 4.78 is 41.3. The van der Waals surface area contributed by atoms with Gasteiger partial charge in [0.2, 0.25) is 17.0 Å². The summed E-state index contributed by atoms with van der Waals surface area (Å²) in [6.07, 6.45) is 0. The van der Waals surface area contributed by atoms with Crippen LogP contribution in [0.25, 0.3) is 5.78 Å². The van der Waals surface area contributed by atoms with Crippen molar-refractivity contribution in [1.29, 1.82) is 0 Å². The van der Waals surface area contributed by atoms with Crippen molar-refractivity contribution in [3.8, 4) is 0 Å². The van der Waals surface area contributed by atoms with Gasteiger partial charge in [-0.25, -0.2) is 22.7 Å². The molecule has 1 unspecified atom stereocenters. The Morgan fingerprint density at radius 2 is 1.90 bits per heavy atom. The van der Waals surface area contributed by atoms with Gasteiger partial charge < -0.3 is 10.6 Å². The van der Waals surface area contributed by atoms with Crippen LogP contribution in [0.4, 0.5) is 18.9 Å². The molecule has 2 amide bonds. The Labute approximate surface area is 173 Å². The second-order valence-electron chi connectivity index (χ2n) is 6.39. The van der Waals surface area contributed by atoms with Crippen LogP contribution in [0, 0.1) is 31.3 Å². The Balaban J connectivity index is 1.56. The molecule has 2 aromatic heterocycles. The summed E-state index contributed by atoms with van der Waals surface area (Å²) in [5, 5.41) is 8.44. The highest BCUT2D eigenvalue weighted by Crippen LogP contribution is 2.21. The van der Waals surface area contributed by atoms with Crippen LogP contribution in [-0.2, 0) is 9.59 Å². The summed E-state index contributed by atoms with van der Waals surface area (Å²) in [6, 6.07) is 3.42. The third kappa shape index (κ3) is 4.70. The van der Waals surface area contributed by atoms with Crippen LogP contribution in [0.15, 0.2) is 23.4 Å². The van der Waals surface area contributed by atoms with E-state index in [-0.39, 0.29) is 0 Å². The number of nitrogens with zero attached hydrogens (tertiary/aromatic N) is 4. The number of hydrogen-bond acceptors (Lipinski definition) is 6. The van der Waals surface area contributed by atoms with Crippen LogP contribution in [0.5, 0.6) is 0 Å². The van der Waals surface area contributed by atoms with Gasteiger partial charge in [-0.3, -0.25) is 9.59 Å². The van der Waals surface area contributed by atoms with Crippen molar-refractivity contribution in [3.05, 3.63) is 47.0 Å². The average Bonchev–Trinajstić information content (AvgIpc) is 3.09. The van der Waals surface area contributed by atoms with E-state index in [0.29, 0.717) is 17.0 Å². The van der Waals surface area contributed by atoms with E-state index in [9.17, 15) is 22.8 Å². The number of rotatable bonds is 6. The molecule has 1 aromatic carbocycles. The van der Waals surface area contributed by atoms with Gasteiger partial charge in [0, 0.05) is 11.4 Å². The molecule has 30 heavy (non-hydrogen) atoms. The number of anilines is 1. The zero-order chi connectivity index (χ0) is 22.0. The largest absolute Gasteiger partial charge is 0.346 e. The summed E-state index contributed by atoms with van der Waals surface area (Å²) in [7, 11) is 0. The van der Waals surface area contributed by atoms with Crippen molar-refractivity contribution < 1.29 is 22.8 Å². The van der Waals surface area contributed by atoms with Crippen LogP contribution < -0.4 is 10.6 Å². The van der Waals surface area contributed by atoms with Crippen molar-refractivity contribution in [2.45, 2.75) is 31.2 Å². The molecule has 3 rings (SSSR count). The summed E-state index contributed by atoms with van der Waals surface area (Å²) in [5.41, 5.74) is 1.11. The Bertz CT molecular complexity index is 1140. The first-order chi connectivity index (χ1) is 14.2. The Hall–Kier alpha value is -3.15. The van der Waals surface area contributed by atoms with Crippen LogP contribution in [0.2, 0.25) is 0 Å². The normalized spacial score (nSPS) is 12.1. The SMILES string of the molecule is Cc1cc(C)n2nc(SC(C)C(=O)NCC(=O)Nc3ccc(F)c(F)c3F)nc2n1. The Kier molecular flexibility index (Phi) is 6.25. The number of amides is 2. The van der Waals surface area contributed by atoms with Crippen molar-refractivity contribution in [2.75, 3.05) is 11.9 Å². The van der Waals surface area contributed by atoms with E-state index >= 15 is 0 Å². The third-order valence-electron chi connectivity index (χ3n) is 3.98. The minimum absolute atomic E-state index is 0.340. The van der Waals surface area contributed by atoms with Crippen LogP contribution in [0.1, 0.15) is 18.3 Å². The number of halogens is 3. The van der Waals surface area contributed by atoms with Crippen molar-refractivity contribution in [3.63, 3.8) is 0 Å². The quantitative estimate of drug-likeness (QED) is 0.453. The molecule has 0 aliphatic rings. The number of aromatic nitrogens is 4. The predicted octanol–water partition coefficient (Wildman–Crippen LogP) is 2.39. The highest BCUT2D eigenvalue weighted by molar-refractivity contribution is 8.00. The smallest absolute Gasteiger partial charge is 0.253 e. The summed E-state index contributed by atoms with van der Waals surface area (Å²) in [6.45, 7) is 4.81. The topological polar surface area (TPSA) is 101 Å². The molecule has 2 N–H and O–H groups in total. The number of carbonyl (C=O) groups excluding carboxylic acids is 2. The Morgan fingerprint density at radius 1 is 1.17 bits per heavy atom. The summed E-state index contributed by atoms with van der Waals surface area (Å²) >= 11 is 1.08. The number of thioether (sulfide) groups is 1. The number of benzene rings is 1. The molecule has 3 aromatic rings. The minimum atomic E-state index is -1.69. The first-order valence-electron chi connectivity index (χ1n) is 8.74. The number of fused-ring (bicyclic) bond motifs is 1. The zero-order valence-corrected chi connectivity index (χ0v) is 17.0. The molecule has 0 saturated heterocycles. The lowest BCUT2D eigenvalue weighted by atomic mass is 10.2. The third-order valence-corrected chi connectivity index (χ3v) is 4.93. The summed E-state index contributed by atoms with van der Waals surface area (Å²) in [5.74, 6) is -5.45. The molecule has 0 fully saturated rings. The van der Waals surface area contributed by atoms with Crippen molar-refractivity contribution >= 4 is 35.0 Å². The van der Waals surface area contributed by atoms with Gasteiger partial charge in [-0.2, -0.15) is 4.98 Å². The highest BCUT2D eigenvalue weighted by Gasteiger charge is 2.20. The fraction of sp³-hybridized carbons (Fsp3) is 0.278. The molecule has 0 aliphatic carbocycles. The molecule has 0 saturated carbocycles. The maximum atomic E-state index is 13.6. The standard InChI is InChI=1S/C18H17F3N6O2S/c1-8-6-9(2)27-17(23-8)25-18(26-27)30-10(3)16(29)22-7-13(28)24-12-5-4-11(19)14(20)15(12)21/h4-6,10H,7H2,1-3H3,(H,22,29)(H,24,28). The molecule has 0 spiro atoms. The first-order valence-corrected chi connectivity index (χ1v) is 9.62. The fourth-order valence-electron chi connectivity index (χ4n) is 2.54. The zero-order valence-electron chi connectivity index (χ0n) is 16.2. The lowest BCUT2D eigenvalue weighted by Gasteiger charge is -2.11. The van der Waals surface area contributed by atoms with E-state index in [1.54, 1.807) is 11.4 Å². The second-order valence-corrected chi connectivity index (χ2v) is 7.70. The van der Waals surface area contributed by atoms with Gasteiger partial charge in [0.15, 0.2) is 17.5 Å². The monoisotopic (exact) mass is 438 g/mol. The number of aryl methyl sites for hydroxylation is 2. The van der Waals surface area contributed by atoms with Gasteiger partial charge in [-0.05, 0) is 39.0 Å². The number of nitrogens with one attached hydrogen (secondary N) is 2. The highest BCUT2D eigenvalue weighted by atomic mass is 32.2. The van der Waals surface area contributed by atoms with E-state index in [2.05, 4.69) is 25.7 Å². The summed E-state index contributed by atoms with van der Waals surface area (Å²) in [4.78, 5) is 32.7. The van der Waals surface area contributed by atoms with Crippen LogP contribution in [-0.4, -0.2) is 43.2 Å². The molecule has 12 heteroatoms. The molecule has 158 valence electrons. The first kappa shape index (κ1) is 21.6. The molecular formula is C18H17F3N6O2S.